The minimum Gasteiger partial charge on any atom is -0.502 e. The van der Waals surface area contributed by atoms with E-state index in [2.05, 4.69) is 0 Å². The maximum atomic E-state index is 13.0. The fourth-order valence-electron chi connectivity index (χ4n) is 2.28. The van der Waals surface area contributed by atoms with Gasteiger partial charge < -0.3 is 15.1 Å². The van der Waals surface area contributed by atoms with Gasteiger partial charge >= 0.3 is 5.97 Å². The molecule has 0 aliphatic heterocycles. The van der Waals surface area contributed by atoms with Crippen molar-refractivity contribution in [3.05, 3.63) is 82.3 Å². The third-order valence-electron chi connectivity index (χ3n) is 3.69. The fourth-order valence-corrected chi connectivity index (χ4v) is 2.48. The zero-order valence-electron chi connectivity index (χ0n) is 13.7. The summed E-state index contributed by atoms with van der Waals surface area (Å²) < 4.78 is 13.0. The Bertz CT molecular complexity index is 821. The van der Waals surface area contributed by atoms with E-state index in [-0.39, 0.29) is 18.9 Å². The van der Waals surface area contributed by atoms with Crippen molar-refractivity contribution in [1.29, 1.82) is 0 Å². The highest BCUT2D eigenvalue weighted by Crippen LogP contribution is 2.18. The van der Waals surface area contributed by atoms with Gasteiger partial charge in [0.05, 0.1) is 6.08 Å². The first-order valence-corrected chi connectivity index (χ1v) is 8.15. The molecule has 0 heterocycles. The van der Waals surface area contributed by atoms with Crippen LogP contribution in [0.5, 0.6) is 0 Å². The molecule has 2 aromatic carbocycles. The van der Waals surface area contributed by atoms with E-state index in [1.54, 1.807) is 36.4 Å². The lowest BCUT2D eigenvalue weighted by atomic mass is 10.1. The van der Waals surface area contributed by atoms with Gasteiger partial charge in [-0.25, -0.2) is 9.18 Å². The van der Waals surface area contributed by atoms with Gasteiger partial charge in [-0.3, -0.25) is 4.79 Å². The quantitative estimate of drug-likeness (QED) is 0.571. The van der Waals surface area contributed by atoms with Gasteiger partial charge in [-0.15, -0.1) is 0 Å². The molecule has 0 saturated heterocycles. The highest BCUT2D eigenvalue weighted by molar-refractivity contribution is 6.31. The largest absolute Gasteiger partial charge is 0.502 e. The van der Waals surface area contributed by atoms with Crippen LogP contribution in [0.15, 0.2) is 60.4 Å². The number of carbonyl (C=O) groups excluding carboxylic acids is 1. The Balaban J connectivity index is 2.18. The lowest BCUT2D eigenvalue weighted by Crippen LogP contribution is -2.31. The summed E-state index contributed by atoms with van der Waals surface area (Å²) in [6.45, 7) is 0.377. The standard InChI is InChI=1S/C19H17ClFNO4/c20-16-4-2-1-3-14(16)12-22(18(24)11-17(23)19(25)26)10-9-13-5-7-15(21)8-6-13/h1-8,11,23H,9-10,12H2,(H,25,26)/b17-11-. The summed E-state index contributed by atoms with van der Waals surface area (Å²) in [7, 11) is 0. The highest BCUT2D eigenvalue weighted by Gasteiger charge is 2.16. The Kier molecular flexibility index (Phi) is 6.74. The van der Waals surface area contributed by atoms with Crippen LogP contribution in [-0.2, 0) is 22.6 Å². The normalized spacial score (nSPS) is 11.2. The lowest BCUT2D eigenvalue weighted by Gasteiger charge is -2.22. The molecule has 0 aliphatic carbocycles. The van der Waals surface area contributed by atoms with Gasteiger partial charge in [-0.1, -0.05) is 41.9 Å². The number of carboxylic acids is 1. The van der Waals surface area contributed by atoms with E-state index in [1.165, 1.54) is 17.0 Å². The van der Waals surface area contributed by atoms with Crippen molar-refractivity contribution in [3.63, 3.8) is 0 Å². The SMILES string of the molecule is O=C(O)/C(O)=C/C(=O)N(CCc1ccc(F)cc1)Cc1ccccc1Cl. The van der Waals surface area contributed by atoms with E-state index < -0.39 is 17.6 Å². The summed E-state index contributed by atoms with van der Waals surface area (Å²) in [5.41, 5.74) is 1.50. The van der Waals surface area contributed by atoms with E-state index in [0.717, 1.165) is 5.56 Å². The molecule has 26 heavy (non-hydrogen) atoms. The molecule has 2 N–H and O–H groups in total. The highest BCUT2D eigenvalue weighted by atomic mass is 35.5. The molecule has 7 heteroatoms. The fraction of sp³-hybridized carbons (Fsp3) is 0.158. The molecular weight excluding hydrogens is 361 g/mol. The van der Waals surface area contributed by atoms with E-state index in [4.69, 9.17) is 16.7 Å². The second-order valence-corrected chi connectivity index (χ2v) is 5.97. The van der Waals surface area contributed by atoms with E-state index >= 15 is 0 Å². The van der Waals surface area contributed by atoms with Gasteiger partial charge in [-0.2, -0.15) is 0 Å². The molecule has 5 nitrogen and oxygen atoms in total. The van der Waals surface area contributed by atoms with Crippen LogP contribution in [0.4, 0.5) is 4.39 Å². The minimum absolute atomic E-state index is 0.142. The molecule has 0 aromatic heterocycles. The number of carboxylic acid groups (broad SMARTS) is 1. The average molecular weight is 378 g/mol. The van der Waals surface area contributed by atoms with Crippen molar-refractivity contribution in [2.24, 2.45) is 0 Å². The maximum Gasteiger partial charge on any atom is 0.371 e. The Labute approximate surface area is 154 Å². The minimum atomic E-state index is -1.59. The monoisotopic (exact) mass is 377 g/mol. The summed E-state index contributed by atoms with van der Waals surface area (Å²) in [4.78, 5) is 24.5. The number of aliphatic hydroxyl groups is 1. The molecule has 1 amide bonds. The average Bonchev–Trinajstić information content (AvgIpc) is 2.61. The lowest BCUT2D eigenvalue weighted by molar-refractivity contribution is -0.136. The van der Waals surface area contributed by atoms with Crippen molar-refractivity contribution in [3.8, 4) is 0 Å². The van der Waals surface area contributed by atoms with Crippen molar-refractivity contribution >= 4 is 23.5 Å². The number of hydrogen-bond acceptors (Lipinski definition) is 3. The number of benzene rings is 2. The molecule has 0 bridgehead atoms. The van der Waals surface area contributed by atoms with Gasteiger partial charge in [0.25, 0.3) is 5.91 Å². The molecule has 2 aromatic rings. The first-order valence-electron chi connectivity index (χ1n) is 7.77. The summed E-state index contributed by atoms with van der Waals surface area (Å²) in [5, 5.41) is 18.5. The molecular formula is C19H17ClFNO4. The number of aliphatic hydroxyl groups excluding tert-OH is 1. The number of aliphatic carboxylic acids is 1. The zero-order valence-corrected chi connectivity index (χ0v) is 14.5. The van der Waals surface area contributed by atoms with E-state index in [9.17, 15) is 19.1 Å². The molecule has 0 aliphatic rings. The Morgan fingerprint density at radius 2 is 1.73 bits per heavy atom. The smallest absolute Gasteiger partial charge is 0.371 e. The molecule has 0 unspecified atom stereocenters. The van der Waals surface area contributed by atoms with Gasteiger partial charge in [-0.05, 0) is 35.7 Å². The van der Waals surface area contributed by atoms with Gasteiger partial charge in [0.2, 0.25) is 5.76 Å². The van der Waals surface area contributed by atoms with Crippen molar-refractivity contribution in [2.45, 2.75) is 13.0 Å². The predicted octanol–water partition coefficient (Wildman–Crippen LogP) is 3.58. The third kappa shape index (κ3) is 5.60. The van der Waals surface area contributed by atoms with Crippen LogP contribution >= 0.6 is 11.6 Å². The second-order valence-electron chi connectivity index (χ2n) is 5.56. The van der Waals surface area contributed by atoms with Crippen LogP contribution < -0.4 is 0 Å². The number of carbonyl (C=O) groups is 2. The number of halogens is 2. The molecule has 0 radical (unpaired) electrons. The predicted molar refractivity (Wildman–Crippen MR) is 95.3 cm³/mol. The number of amides is 1. The second kappa shape index (κ2) is 9.01. The molecule has 2 rings (SSSR count). The first kappa shape index (κ1) is 19.5. The van der Waals surface area contributed by atoms with Gasteiger partial charge in [0.1, 0.15) is 5.82 Å². The number of hydrogen-bond donors (Lipinski definition) is 2. The van der Waals surface area contributed by atoms with Gasteiger partial charge in [0.15, 0.2) is 0 Å². The van der Waals surface area contributed by atoms with Crippen molar-refractivity contribution < 1.29 is 24.2 Å². The maximum absolute atomic E-state index is 13.0. The first-order chi connectivity index (χ1) is 12.4. The third-order valence-corrected chi connectivity index (χ3v) is 4.06. The van der Waals surface area contributed by atoms with E-state index in [1.807, 2.05) is 0 Å². The molecule has 0 atom stereocenters. The number of nitrogens with zero attached hydrogens (tertiary/aromatic N) is 1. The molecule has 0 saturated carbocycles. The van der Waals surface area contributed by atoms with Crippen molar-refractivity contribution in [1.82, 2.24) is 4.90 Å². The summed E-state index contributed by atoms with van der Waals surface area (Å²) in [6, 6.07) is 12.8. The summed E-state index contributed by atoms with van der Waals surface area (Å²) in [6.07, 6.45) is 1.09. The topological polar surface area (TPSA) is 77.8 Å². The molecule has 0 spiro atoms. The summed E-state index contributed by atoms with van der Waals surface area (Å²) >= 11 is 6.13. The van der Waals surface area contributed by atoms with Crippen LogP contribution in [0.1, 0.15) is 11.1 Å². The molecule has 136 valence electrons. The summed E-state index contributed by atoms with van der Waals surface area (Å²) in [5.74, 6) is -3.64. The Hall–Kier alpha value is -2.86. The van der Waals surface area contributed by atoms with Crippen molar-refractivity contribution in [2.75, 3.05) is 6.54 Å². The van der Waals surface area contributed by atoms with Gasteiger partial charge in [0, 0.05) is 18.1 Å². The number of rotatable bonds is 7. The Morgan fingerprint density at radius 3 is 2.35 bits per heavy atom. The Morgan fingerprint density at radius 1 is 1.08 bits per heavy atom. The van der Waals surface area contributed by atoms with Crippen LogP contribution in [0.3, 0.4) is 0 Å². The molecule has 0 fully saturated rings. The zero-order chi connectivity index (χ0) is 19.1. The van der Waals surface area contributed by atoms with Crippen LogP contribution in [0, 0.1) is 5.82 Å². The van der Waals surface area contributed by atoms with E-state index in [0.29, 0.717) is 23.1 Å². The van der Waals surface area contributed by atoms with Crippen LogP contribution in [0.25, 0.3) is 0 Å². The van der Waals surface area contributed by atoms with Crippen LogP contribution in [-0.4, -0.2) is 33.5 Å². The van der Waals surface area contributed by atoms with Crippen LogP contribution in [0.2, 0.25) is 5.02 Å².